The Hall–Kier alpha value is -1.60. The van der Waals surface area contributed by atoms with E-state index in [2.05, 4.69) is 23.8 Å². The molecule has 3 nitrogen and oxygen atoms in total. The van der Waals surface area contributed by atoms with Crippen molar-refractivity contribution >= 4 is 5.69 Å². The normalized spacial score (nSPS) is 21.3. The molecule has 0 bridgehead atoms. The summed E-state index contributed by atoms with van der Waals surface area (Å²) in [6, 6.07) is 6.92. The van der Waals surface area contributed by atoms with Gasteiger partial charge in [-0.2, -0.15) is 5.26 Å². The summed E-state index contributed by atoms with van der Waals surface area (Å²) in [5.41, 5.74) is 0.970. The molecular formula is C13H16FN3. The molecule has 1 aromatic rings. The van der Waals surface area contributed by atoms with Gasteiger partial charge in [-0.1, -0.05) is 0 Å². The van der Waals surface area contributed by atoms with E-state index in [1.807, 2.05) is 6.07 Å². The first-order valence-corrected chi connectivity index (χ1v) is 5.76. The number of hydrogen-bond donors (Lipinski definition) is 0. The van der Waals surface area contributed by atoms with Crippen LogP contribution in [-0.2, 0) is 0 Å². The standard InChI is InChI=1S/C13H16FN3/c1-10-9-16(2)5-6-17(10)13-4-3-11(8-15)7-12(13)14/h3-4,7,10H,5-6,9H2,1-2H3. The van der Waals surface area contributed by atoms with Gasteiger partial charge in [0.05, 0.1) is 17.3 Å². The Labute approximate surface area is 101 Å². The Morgan fingerprint density at radius 3 is 2.76 bits per heavy atom. The fourth-order valence-electron chi connectivity index (χ4n) is 2.31. The zero-order valence-corrected chi connectivity index (χ0v) is 10.2. The highest BCUT2D eigenvalue weighted by Crippen LogP contribution is 2.24. The van der Waals surface area contributed by atoms with Crippen LogP contribution in [0.1, 0.15) is 12.5 Å². The molecule has 17 heavy (non-hydrogen) atoms. The third-order valence-corrected chi connectivity index (χ3v) is 3.22. The van der Waals surface area contributed by atoms with E-state index >= 15 is 0 Å². The maximum Gasteiger partial charge on any atom is 0.147 e. The molecule has 0 spiro atoms. The average molecular weight is 233 g/mol. The molecule has 1 aromatic carbocycles. The number of piperazine rings is 1. The number of benzene rings is 1. The number of nitrogens with zero attached hydrogens (tertiary/aromatic N) is 3. The van der Waals surface area contributed by atoms with E-state index in [0.717, 1.165) is 19.6 Å². The fraction of sp³-hybridized carbons (Fsp3) is 0.462. The van der Waals surface area contributed by atoms with Crippen LogP contribution in [0.2, 0.25) is 0 Å². The molecule has 0 saturated carbocycles. The van der Waals surface area contributed by atoms with Crippen molar-refractivity contribution < 1.29 is 4.39 Å². The van der Waals surface area contributed by atoms with Gasteiger partial charge >= 0.3 is 0 Å². The molecule has 0 radical (unpaired) electrons. The topological polar surface area (TPSA) is 30.3 Å². The molecule has 1 unspecified atom stereocenters. The van der Waals surface area contributed by atoms with E-state index in [-0.39, 0.29) is 11.9 Å². The fourth-order valence-corrected chi connectivity index (χ4v) is 2.31. The van der Waals surface area contributed by atoms with Gasteiger partial charge in [0.15, 0.2) is 0 Å². The SMILES string of the molecule is CC1CN(C)CCN1c1ccc(C#N)cc1F. The van der Waals surface area contributed by atoms with Crippen LogP contribution >= 0.6 is 0 Å². The first-order chi connectivity index (χ1) is 8.11. The Morgan fingerprint density at radius 1 is 1.41 bits per heavy atom. The Kier molecular flexibility index (Phi) is 3.30. The van der Waals surface area contributed by atoms with Crippen LogP contribution in [0.3, 0.4) is 0 Å². The van der Waals surface area contributed by atoms with E-state index in [4.69, 9.17) is 5.26 Å². The maximum atomic E-state index is 13.9. The molecule has 90 valence electrons. The van der Waals surface area contributed by atoms with Crippen molar-refractivity contribution in [2.24, 2.45) is 0 Å². The van der Waals surface area contributed by atoms with Gasteiger partial charge in [-0.25, -0.2) is 4.39 Å². The Bertz CT molecular complexity index is 452. The summed E-state index contributed by atoms with van der Waals surface area (Å²) in [6.07, 6.45) is 0. The van der Waals surface area contributed by atoms with E-state index in [0.29, 0.717) is 11.3 Å². The molecule has 1 aliphatic heterocycles. The van der Waals surface area contributed by atoms with Crippen molar-refractivity contribution in [3.8, 4) is 6.07 Å². The zero-order chi connectivity index (χ0) is 12.4. The van der Waals surface area contributed by atoms with Gasteiger partial charge in [0.1, 0.15) is 5.82 Å². The molecule has 0 N–H and O–H groups in total. The van der Waals surface area contributed by atoms with Crippen LogP contribution in [0.15, 0.2) is 18.2 Å². The highest BCUT2D eigenvalue weighted by molar-refractivity contribution is 5.52. The van der Waals surface area contributed by atoms with Crippen LogP contribution in [0.5, 0.6) is 0 Å². The summed E-state index contributed by atoms with van der Waals surface area (Å²) in [5.74, 6) is -0.305. The lowest BCUT2D eigenvalue weighted by molar-refractivity contribution is 0.274. The van der Waals surface area contributed by atoms with Crippen LogP contribution in [0.4, 0.5) is 10.1 Å². The van der Waals surface area contributed by atoms with Crippen LogP contribution in [0, 0.1) is 17.1 Å². The molecule has 4 heteroatoms. The van der Waals surface area contributed by atoms with Crippen molar-refractivity contribution in [1.82, 2.24) is 4.90 Å². The third kappa shape index (κ3) is 2.40. The second-order valence-electron chi connectivity index (χ2n) is 4.58. The minimum Gasteiger partial charge on any atom is -0.364 e. The lowest BCUT2D eigenvalue weighted by atomic mass is 10.1. The molecule has 0 amide bonds. The van der Waals surface area contributed by atoms with Gasteiger partial charge < -0.3 is 9.80 Å². The van der Waals surface area contributed by atoms with Crippen molar-refractivity contribution in [3.63, 3.8) is 0 Å². The minimum absolute atomic E-state index is 0.288. The Balaban J connectivity index is 2.25. The number of nitriles is 1. The van der Waals surface area contributed by atoms with E-state index < -0.39 is 0 Å². The van der Waals surface area contributed by atoms with Crippen molar-refractivity contribution in [2.45, 2.75) is 13.0 Å². The summed E-state index contributed by atoms with van der Waals surface area (Å²) < 4.78 is 13.9. The van der Waals surface area contributed by atoms with Gasteiger partial charge in [0, 0.05) is 25.7 Å². The molecule has 0 aromatic heterocycles. The molecule has 1 fully saturated rings. The summed E-state index contributed by atoms with van der Waals surface area (Å²) in [7, 11) is 2.07. The molecule has 1 saturated heterocycles. The lowest BCUT2D eigenvalue weighted by Crippen LogP contribution is -2.50. The number of likely N-dealkylation sites (N-methyl/N-ethyl adjacent to an activating group) is 1. The Morgan fingerprint density at radius 2 is 2.18 bits per heavy atom. The molecule has 1 atom stereocenters. The molecular weight excluding hydrogens is 217 g/mol. The smallest absolute Gasteiger partial charge is 0.147 e. The monoisotopic (exact) mass is 233 g/mol. The molecule has 2 rings (SSSR count). The summed E-state index contributed by atoms with van der Waals surface area (Å²) in [6.45, 7) is 4.77. The van der Waals surface area contributed by atoms with Gasteiger partial charge in [-0.3, -0.25) is 0 Å². The second-order valence-corrected chi connectivity index (χ2v) is 4.58. The maximum absolute atomic E-state index is 13.9. The molecule has 1 aliphatic rings. The molecule has 1 heterocycles. The van der Waals surface area contributed by atoms with Crippen molar-refractivity contribution in [2.75, 3.05) is 31.6 Å². The van der Waals surface area contributed by atoms with E-state index in [9.17, 15) is 4.39 Å². The predicted molar refractivity (Wildman–Crippen MR) is 65.4 cm³/mol. The number of hydrogen-bond acceptors (Lipinski definition) is 3. The zero-order valence-electron chi connectivity index (χ0n) is 10.2. The number of halogens is 1. The van der Waals surface area contributed by atoms with Crippen LogP contribution < -0.4 is 4.90 Å². The second kappa shape index (κ2) is 4.72. The lowest BCUT2D eigenvalue weighted by Gasteiger charge is -2.39. The van der Waals surface area contributed by atoms with E-state index in [1.54, 1.807) is 12.1 Å². The quantitative estimate of drug-likeness (QED) is 0.741. The van der Waals surface area contributed by atoms with Crippen molar-refractivity contribution in [1.29, 1.82) is 5.26 Å². The van der Waals surface area contributed by atoms with E-state index in [1.165, 1.54) is 6.07 Å². The summed E-state index contributed by atoms with van der Waals surface area (Å²) in [4.78, 5) is 4.30. The van der Waals surface area contributed by atoms with Gasteiger partial charge in [-0.05, 0) is 32.2 Å². The first kappa shape index (κ1) is 11.9. The summed E-state index contributed by atoms with van der Waals surface area (Å²) in [5, 5.41) is 8.71. The van der Waals surface area contributed by atoms with Crippen molar-refractivity contribution in [3.05, 3.63) is 29.6 Å². The number of anilines is 1. The highest BCUT2D eigenvalue weighted by atomic mass is 19.1. The molecule has 0 aliphatic carbocycles. The predicted octanol–water partition coefficient (Wildman–Crippen LogP) is 1.84. The van der Waals surface area contributed by atoms with Gasteiger partial charge in [0.25, 0.3) is 0 Å². The number of rotatable bonds is 1. The third-order valence-electron chi connectivity index (χ3n) is 3.22. The summed E-state index contributed by atoms with van der Waals surface area (Å²) >= 11 is 0. The van der Waals surface area contributed by atoms with Gasteiger partial charge in [0.2, 0.25) is 0 Å². The minimum atomic E-state index is -0.305. The first-order valence-electron chi connectivity index (χ1n) is 5.76. The van der Waals surface area contributed by atoms with Gasteiger partial charge in [-0.15, -0.1) is 0 Å². The largest absolute Gasteiger partial charge is 0.364 e. The van der Waals surface area contributed by atoms with Crippen LogP contribution in [0.25, 0.3) is 0 Å². The average Bonchev–Trinajstić information content (AvgIpc) is 2.30. The van der Waals surface area contributed by atoms with Crippen LogP contribution in [-0.4, -0.2) is 37.6 Å². The highest BCUT2D eigenvalue weighted by Gasteiger charge is 2.23.